The second-order valence-electron chi connectivity index (χ2n) is 7.79. The molecule has 146 valence electrons. The molecule has 0 aromatic heterocycles. The molecule has 0 fully saturated rings. The molecule has 0 amide bonds. The van der Waals surface area contributed by atoms with E-state index in [0.717, 1.165) is 47.6 Å². The predicted octanol–water partition coefficient (Wildman–Crippen LogP) is 5.94. The standard InChI is InChI=1S/C23H24Cl2N2O/c1-5-10-27-12-17-8-6-7-9-18(17)23(13-27)11-19(26-28-23)20-14(2)21(24)16(4)22(25)15(20)3/h5-9H,1,10-13H2,2-4H3. The number of benzene rings is 2. The van der Waals surface area contributed by atoms with Crippen LogP contribution in [-0.2, 0) is 17.0 Å². The second-order valence-corrected chi connectivity index (χ2v) is 8.55. The van der Waals surface area contributed by atoms with Gasteiger partial charge in [0.1, 0.15) is 0 Å². The molecule has 3 nitrogen and oxygen atoms in total. The molecule has 0 saturated carbocycles. The summed E-state index contributed by atoms with van der Waals surface area (Å²) in [5.41, 5.74) is 6.85. The molecule has 0 N–H and O–H groups in total. The summed E-state index contributed by atoms with van der Waals surface area (Å²) in [5.74, 6) is 0. The normalized spacial score (nSPS) is 21.4. The Morgan fingerprint density at radius 1 is 1.14 bits per heavy atom. The van der Waals surface area contributed by atoms with Crippen LogP contribution in [0.3, 0.4) is 0 Å². The first-order chi connectivity index (χ1) is 13.4. The molecule has 0 saturated heterocycles. The molecule has 1 unspecified atom stereocenters. The van der Waals surface area contributed by atoms with E-state index < -0.39 is 5.60 Å². The zero-order valence-corrected chi connectivity index (χ0v) is 18.0. The van der Waals surface area contributed by atoms with Crippen LogP contribution >= 0.6 is 23.2 Å². The minimum Gasteiger partial charge on any atom is -0.382 e. The van der Waals surface area contributed by atoms with Crippen molar-refractivity contribution in [3.05, 3.63) is 80.3 Å². The van der Waals surface area contributed by atoms with E-state index in [1.807, 2.05) is 26.8 Å². The highest BCUT2D eigenvalue weighted by atomic mass is 35.5. The largest absolute Gasteiger partial charge is 0.382 e. The summed E-state index contributed by atoms with van der Waals surface area (Å²) in [6.45, 7) is 12.4. The van der Waals surface area contributed by atoms with E-state index in [9.17, 15) is 0 Å². The lowest BCUT2D eigenvalue weighted by molar-refractivity contribution is -0.0570. The molecule has 2 aliphatic rings. The van der Waals surface area contributed by atoms with Crippen molar-refractivity contribution in [1.82, 2.24) is 4.90 Å². The van der Waals surface area contributed by atoms with Gasteiger partial charge >= 0.3 is 0 Å². The highest BCUT2D eigenvalue weighted by molar-refractivity contribution is 6.37. The lowest BCUT2D eigenvalue weighted by atomic mass is 9.80. The maximum atomic E-state index is 6.56. The van der Waals surface area contributed by atoms with E-state index in [1.54, 1.807) is 0 Å². The van der Waals surface area contributed by atoms with Gasteiger partial charge in [-0.15, -0.1) is 6.58 Å². The summed E-state index contributed by atoms with van der Waals surface area (Å²) in [4.78, 5) is 8.55. The number of hydrogen-bond donors (Lipinski definition) is 0. The van der Waals surface area contributed by atoms with E-state index in [2.05, 4.69) is 40.9 Å². The highest BCUT2D eigenvalue weighted by Crippen LogP contribution is 2.44. The fourth-order valence-corrected chi connectivity index (χ4v) is 5.02. The third-order valence-corrected chi connectivity index (χ3v) is 7.04. The van der Waals surface area contributed by atoms with Crippen molar-refractivity contribution in [2.45, 2.75) is 39.3 Å². The first-order valence-corrected chi connectivity index (χ1v) is 10.3. The van der Waals surface area contributed by atoms with Crippen LogP contribution in [-0.4, -0.2) is 23.7 Å². The van der Waals surface area contributed by atoms with Gasteiger partial charge in [-0.1, -0.05) is 58.7 Å². The Bertz CT molecular complexity index is 969. The second kappa shape index (κ2) is 7.22. The van der Waals surface area contributed by atoms with Crippen molar-refractivity contribution >= 4 is 28.9 Å². The Balaban J connectivity index is 1.77. The van der Waals surface area contributed by atoms with Crippen LogP contribution in [0.1, 0.15) is 39.8 Å². The third kappa shape index (κ3) is 2.97. The van der Waals surface area contributed by atoms with Gasteiger partial charge in [0.05, 0.1) is 5.71 Å². The predicted molar refractivity (Wildman–Crippen MR) is 117 cm³/mol. The third-order valence-electron chi connectivity index (χ3n) is 5.91. The Morgan fingerprint density at radius 2 is 1.82 bits per heavy atom. The van der Waals surface area contributed by atoms with E-state index in [0.29, 0.717) is 16.5 Å². The maximum Gasteiger partial charge on any atom is 0.181 e. The average molecular weight is 415 g/mol. The molecule has 4 rings (SSSR count). The molecular weight excluding hydrogens is 391 g/mol. The summed E-state index contributed by atoms with van der Waals surface area (Å²) in [7, 11) is 0. The molecule has 0 radical (unpaired) electrons. The summed E-state index contributed by atoms with van der Waals surface area (Å²) in [6, 6.07) is 8.48. The number of fused-ring (bicyclic) bond motifs is 2. The number of hydrogen-bond acceptors (Lipinski definition) is 3. The molecule has 2 aliphatic heterocycles. The lowest BCUT2D eigenvalue weighted by Gasteiger charge is -2.39. The van der Waals surface area contributed by atoms with Crippen molar-refractivity contribution in [3.8, 4) is 0 Å². The first kappa shape index (κ1) is 19.5. The van der Waals surface area contributed by atoms with Crippen LogP contribution in [0.2, 0.25) is 10.0 Å². The zero-order chi connectivity index (χ0) is 20.1. The Kier molecular flexibility index (Phi) is 5.03. The van der Waals surface area contributed by atoms with Gasteiger partial charge in [0.25, 0.3) is 0 Å². The van der Waals surface area contributed by atoms with Gasteiger partial charge in [-0.25, -0.2) is 0 Å². The number of halogens is 2. The Hall–Kier alpha value is -1.81. The van der Waals surface area contributed by atoms with E-state index >= 15 is 0 Å². The van der Waals surface area contributed by atoms with Crippen molar-refractivity contribution in [1.29, 1.82) is 0 Å². The molecule has 2 aromatic rings. The smallest absolute Gasteiger partial charge is 0.181 e. The fourth-order valence-electron chi connectivity index (χ4n) is 4.59. The van der Waals surface area contributed by atoms with Gasteiger partial charge in [-0.3, -0.25) is 4.90 Å². The maximum absolute atomic E-state index is 6.56. The molecular formula is C23H24Cl2N2O. The Labute approximate surface area is 176 Å². The van der Waals surface area contributed by atoms with Crippen molar-refractivity contribution in [2.24, 2.45) is 5.16 Å². The minimum atomic E-state index is -0.490. The molecule has 1 atom stereocenters. The SMILES string of the molecule is C=CCN1Cc2ccccc2C2(CC(c3c(C)c(Cl)c(C)c(Cl)c3C)=NO2)C1. The van der Waals surface area contributed by atoms with Gasteiger partial charge in [0, 0.05) is 47.2 Å². The molecule has 28 heavy (non-hydrogen) atoms. The molecule has 2 aromatic carbocycles. The summed E-state index contributed by atoms with van der Waals surface area (Å²) in [6.07, 6.45) is 2.63. The minimum absolute atomic E-state index is 0.490. The van der Waals surface area contributed by atoms with E-state index in [1.165, 1.54) is 11.1 Å². The molecule has 0 aliphatic carbocycles. The monoisotopic (exact) mass is 414 g/mol. The summed E-state index contributed by atoms with van der Waals surface area (Å²) >= 11 is 13.1. The van der Waals surface area contributed by atoms with Gasteiger partial charge in [-0.05, 0) is 43.0 Å². The van der Waals surface area contributed by atoms with Gasteiger partial charge in [0.15, 0.2) is 5.60 Å². The van der Waals surface area contributed by atoms with Crippen LogP contribution in [0.15, 0.2) is 42.1 Å². The molecule has 1 spiro atoms. The number of rotatable bonds is 3. The lowest BCUT2D eigenvalue weighted by Crippen LogP contribution is -2.46. The number of oxime groups is 1. The molecule has 0 bridgehead atoms. The quantitative estimate of drug-likeness (QED) is 0.580. The zero-order valence-electron chi connectivity index (χ0n) is 16.5. The van der Waals surface area contributed by atoms with Crippen molar-refractivity contribution < 1.29 is 4.84 Å². The van der Waals surface area contributed by atoms with Crippen LogP contribution in [0.25, 0.3) is 0 Å². The van der Waals surface area contributed by atoms with Crippen LogP contribution in [0, 0.1) is 20.8 Å². The summed E-state index contributed by atoms with van der Waals surface area (Å²) < 4.78 is 0. The van der Waals surface area contributed by atoms with Gasteiger partial charge in [-0.2, -0.15) is 0 Å². The van der Waals surface area contributed by atoms with E-state index in [4.69, 9.17) is 28.0 Å². The van der Waals surface area contributed by atoms with E-state index in [-0.39, 0.29) is 0 Å². The first-order valence-electron chi connectivity index (χ1n) is 9.50. The van der Waals surface area contributed by atoms with Crippen LogP contribution in [0.5, 0.6) is 0 Å². The van der Waals surface area contributed by atoms with Gasteiger partial charge in [0.2, 0.25) is 0 Å². The van der Waals surface area contributed by atoms with Crippen LogP contribution < -0.4 is 0 Å². The summed E-state index contributed by atoms with van der Waals surface area (Å²) in [5, 5.41) is 5.96. The van der Waals surface area contributed by atoms with Crippen LogP contribution in [0.4, 0.5) is 0 Å². The Morgan fingerprint density at radius 3 is 2.50 bits per heavy atom. The molecule has 5 heteroatoms. The molecule has 2 heterocycles. The van der Waals surface area contributed by atoms with Crippen molar-refractivity contribution in [2.75, 3.05) is 13.1 Å². The van der Waals surface area contributed by atoms with Crippen molar-refractivity contribution in [3.63, 3.8) is 0 Å². The number of nitrogens with zero attached hydrogens (tertiary/aromatic N) is 2. The topological polar surface area (TPSA) is 24.8 Å². The fraction of sp³-hybridized carbons (Fsp3) is 0.348. The van der Waals surface area contributed by atoms with Gasteiger partial charge < -0.3 is 4.84 Å². The highest BCUT2D eigenvalue weighted by Gasteiger charge is 2.47. The average Bonchev–Trinajstić information content (AvgIpc) is 3.09.